The predicted octanol–water partition coefficient (Wildman–Crippen LogP) is 8.89. The van der Waals surface area contributed by atoms with Crippen LogP contribution in [-0.4, -0.2) is 38.4 Å². The van der Waals surface area contributed by atoms with Crippen LogP contribution in [0, 0.1) is 5.41 Å². The van der Waals surface area contributed by atoms with E-state index in [4.69, 9.17) is 37.2 Å². The van der Waals surface area contributed by atoms with E-state index in [0.717, 1.165) is 73.6 Å². The maximum absolute atomic E-state index is 11.5. The Bertz CT molecular complexity index is 1740. The largest absolute Gasteiger partial charge is 0.493 e. The fourth-order valence-corrected chi connectivity index (χ4v) is 7.35. The SMILES string of the molecule is CCOc1cc(C(=O)O)nc2ccc(C=CC34CCC(OCc5c(-c6c(Cl)cncc6Cl)noc5C5CC5)(CC3)CC4)cc12. The van der Waals surface area contributed by atoms with Gasteiger partial charge in [0.2, 0.25) is 0 Å². The van der Waals surface area contributed by atoms with E-state index in [2.05, 4.69) is 27.3 Å². The van der Waals surface area contributed by atoms with Crippen molar-refractivity contribution in [3.8, 4) is 17.0 Å². The van der Waals surface area contributed by atoms with Crippen molar-refractivity contribution in [2.24, 2.45) is 5.41 Å². The first-order valence-corrected chi connectivity index (χ1v) is 16.0. The highest BCUT2D eigenvalue weighted by atomic mass is 35.5. The predicted molar refractivity (Wildman–Crippen MR) is 168 cm³/mol. The summed E-state index contributed by atoms with van der Waals surface area (Å²) in [6.07, 6.45) is 16.0. The molecule has 2 bridgehead atoms. The van der Waals surface area contributed by atoms with Gasteiger partial charge >= 0.3 is 5.97 Å². The van der Waals surface area contributed by atoms with Gasteiger partial charge in [-0.3, -0.25) is 4.98 Å². The van der Waals surface area contributed by atoms with Gasteiger partial charge in [0.1, 0.15) is 17.2 Å². The summed E-state index contributed by atoms with van der Waals surface area (Å²) in [6, 6.07) is 7.38. The number of hydrogen-bond donors (Lipinski definition) is 1. The van der Waals surface area contributed by atoms with Gasteiger partial charge in [-0.1, -0.05) is 46.6 Å². The number of carbonyl (C=O) groups is 1. The van der Waals surface area contributed by atoms with E-state index < -0.39 is 5.97 Å². The molecule has 8 rings (SSSR count). The second-order valence-electron chi connectivity index (χ2n) is 12.3. The zero-order chi connectivity index (χ0) is 30.5. The molecule has 0 unspecified atom stereocenters. The number of carboxylic acid groups (broad SMARTS) is 1. The molecule has 0 atom stereocenters. The van der Waals surface area contributed by atoms with Crippen LogP contribution in [-0.2, 0) is 11.3 Å². The minimum atomic E-state index is -1.07. The van der Waals surface area contributed by atoms with Gasteiger partial charge in [-0.15, -0.1) is 0 Å². The molecule has 228 valence electrons. The molecule has 4 saturated carbocycles. The number of fused-ring (bicyclic) bond motifs is 4. The van der Waals surface area contributed by atoms with Crippen LogP contribution in [0.25, 0.3) is 28.2 Å². The lowest BCUT2D eigenvalue weighted by atomic mass is 9.58. The Labute approximate surface area is 265 Å². The molecule has 8 nitrogen and oxygen atoms in total. The minimum absolute atomic E-state index is 0.0211. The second kappa shape index (κ2) is 11.5. The Kier molecular flexibility index (Phi) is 7.63. The first-order valence-electron chi connectivity index (χ1n) is 15.2. The average Bonchev–Trinajstić information content (AvgIpc) is 3.80. The number of allylic oxidation sites excluding steroid dienone is 1. The molecule has 0 radical (unpaired) electrons. The summed E-state index contributed by atoms with van der Waals surface area (Å²) in [5, 5.41) is 15.5. The second-order valence-corrected chi connectivity index (χ2v) is 13.1. The van der Waals surface area contributed by atoms with Crippen LogP contribution in [0.1, 0.15) is 91.6 Å². The summed E-state index contributed by atoms with van der Waals surface area (Å²) in [5.41, 5.74) is 3.84. The van der Waals surface area contributed by atoms with Crippen molar-refractivity contribution in [3.05, 3.63) is 75.4 Å². The molecule has 10 heteroatoms. The molecule has 0 aliphatic heterocycles. The van der Waals surface area contributed by atoms with E-state index in [0.29, 0.717) is 51.7 Å². The molecule has 4 aliphatic rings. The van der Waals surface area contributed by atoms with Gasteiger partial charge in [0.25, 0.3) is 0 Å². The molecule has 0 amide bonds. The van der Waals surface area contributed by atoms with E-state index in [1.54, 1.807) is 12.4 Å². The summed E-state index contributed by atoms with van der Waals surface area (Å²) >= 11 is 13.0. The van der Waals surface area contributed by atoms with Crippen molar-refractivity contribution in [1.29, 1.82) is 0 Å². The smallest absolute Gasteiger partial charge is 0.354 e. The lowest BCUT2D eigenvalue weighted by Gasteiger charge is -2.52. The van der Waals surface area contributed by atoms with E-state index in [9.17, 15) is 9.90 Å². The number of halogens is 2. The molecular formula is C34H33Cl2N3O5. The molecule has 0 spiro atoms. The van der Waals surface area contributed by atoms with Crippen LogP contribution in [0.5, 0.6) is 5.75 Å². The third-order valence-electron chi connectivity index (χ3n) is 9.56. The molecule has 0 saturated heterocycles. The van der Waals surface area contributed by atoms with Gasteiger partial charge in [0.15, 0.2) is 5.69 Å². The molecule has 1 aromatic carbocycles. The number of hydrogen-bond acceptors (Lipinski definition) is 7. The Morgan fingerprint density at radius 1 is 1.09 bits per heavy atom. The molecule has 3 heterocycles. The molecule has 44 heavy (non-hydrogen) atoms. The highest BCUT2D eigenvalue weighted by molar-refractivity contribution is 6.38. The van der Waals surface area contributed by atoms with E-state index in [-0.39, 0.29) is 16.7 Å². The van der Waals surface area contributed by atoms with Gasteiger partial charge < -0.3 is 19.1 Å². The summed E-state index contributed by atoms with van der Waals surface area (Å²) in [5.74, 6) is 0.728. The van der Waals surface area contributed by atoms with Crippen molar-refractivity contribution >= 4 is 46.2 Å². The van der Waals surface area contributed by atoms with E-state index >= 15 is 0 Å². The van der Waals surface area contributed by atoms with Gasteiger partial charge in [-0.25, -0.2) is 9.78 Å². The number of nitrogens with zero attached hydrogens (tertiary/aromatic N) is 3. The van der Waals surface area contributed by atoms with Gasteiger partial charge in [0.05, 0.1) is 34.4 Å². The van der Waals surface area contributed by atoms with Gasteiger partial charge in [-0.05, 0) is 81.4 Å². The van der Waals surface area contributed by atoms with Crippen LogP contribution < -0.4 is 4.74 Å². The summed E-state index contributed by atoms with van der Waals surface area (Å²) in [7, 11) is 0. The number of pyridine rings is 2. The maximum atomic E-state index is 11.5. The molecule has 1 N–H and O–H groups in total. The lowest BCUT2D eigenvalue weighted by Crippen LogP contribution is -2.46. The van der Waals surface area contributed by atoms with E-state index in [1.165, 1.54) is 6.07 Å². The molecule has 4 aromatic rings. The number of rotatable bonds is 10. The van der Waals surface area contributed by atoms with Crippen molar-refractivity contribution in [2.45, 2.75) is 76.4 Å². The van der Waals surface area contributed by atoms with Crippen molar-refractivity contribution in [2.75, 3.05) is 6.61 Å². The Hall–Kier alpha value is -3.46. The third kappa shape index (κ3) is 5.48. The Balaban J connectivity index is 1.07. The van der Waals surface area contributed by atoms with Crippen LogP contribution in [0.15, 0.2) is 47.3 Å². The summed E-state index contributed by atoms with van der Waals surface area (Å²) in [6.45, 7) is 2.74. The molecule has 4 aliphatic carbocycles. The molecule has 3 aromatic heterocycles. The first kappa shape index (κ1) is 29.3. The number of ether oxygens (including phenoxy) is 2. The van der Waals surface area contributed by atoms with Gasteiger partial charge in [-0.2, -0.15) is 0 Å². The number of carboxylic acids is 1. The van der Waals surface area contributed by atoms with Crippen molar-refractivity contribution < 1.29 is 23.9 Å². The van der Waals surface area contributed by atoms with Gasteiger partial charge in [0, 0.05) is 40.9 Å². The Morgan fingerprint density at radius 3 is 2.48 bits per heavy atom. The van der Waals surface area contributed by atoms with Crippen LogP contribution in [0.2, 0.25) is 10.0 Å². The normalized spacial score (nSPS) is 23.1. The minimum Gasteiger partial charge on any atom is -0.493 e. The fraction of sp³-hybridized carbons (Fsp3) is 0.412. The fourth-order valence-electron chi connectivity index (χ4n) is 6.81. The number of aromatic carboxylic acids is 1. The molecule has 4 fully saturated rings. The van der Waals surface area contributed by atoms with Crippen molar-refractivity contribution in [3.63, 3.8) is 0 Å². The van der Waals surface area contributed by atoms with E-state index in [1.807, 2.05) is 25.1 Å². The van der Waals surface area contributed by atoms with Crippen molar-refractivity contribution in [1.82, 2.24) is 15.1 Å². The topological polar surface area (TPSA) is 108 Å². The van der Waals surface area contributed by atoms with Crippen LogP contribution in [0.3, 0.4) is 0 Å². The van der Waals surface area contributed by atoms with Crippen LogP contribution >= 0.6 is 23.2 Å². The monoisotopic (exact) mass is 633 g/mol. The number of aromatic nitrogens is 3. The first-order chi connectivity index (χ1) is 21.3. The average molecular weight is 635 g/mol. The highest BCUT2D eigenvalue weighted by Gasteiger charge is 2.48. The lowest BCUT2D eigenvalue weighted by molar-refractivity contribution is -0.133. The maximum Gasteiger partial charge on any atom is 0.354 e. The number of benzene rings is 1. The summed E-state index contributed by atoms with van der Waals surface area (Å²) in [4.78, 5) is 19.9. The highest BCUT2D eigenvalue weighted by Crippen LogP contribution is 2.55. The Morgan fingerprint density at radius 2 is 1.82 bits per heavy atom. The quantitative estimate of drug-likeness (QED) is 0.184. The summed E-state index contributed by atoms with van der Waals surface area (Å²) < 4.78 is 18.4. The van der Waals surface area contributed by atoms with Crippen LogP contribution in [0.4, 0.5) is 0 Å². The molecular weight excluding hydrogens is 601 g/mol. The third-order valence-corrected chi connectivity index (χ3v) is 10.1. The zero-order valence-corrected chi connectivity index (χ0v) is 26.0. The zero-order valence-electron chi connectivity index (χ0n) is 24.4. The standard InChI is InChI=1S/C34H33Cl2N3O5/c1-2-42-28-16-27(32(40)41)38-26-6-3-20(15-22(26)28)7-8-33-9-12-34(13-10-33,14-11-33)43-19-23-30(39-44-31(23)21-4-5-21)29-24(35)17-37-18-25(29)36/h3,6-8,15-18,21H,2,4-5,9-14,19H2,1H3,(H,40,41).